The number of carbonyl (C=O) groups is 1. The highest BCUT2D eigenvalue weighted by atomic mass is 32.2. The molecule has 1 aromatic carbocycles. The standard InChI is InChI=1S/C14H20O4S/c1-3-4-10-18-13-7-5-12(6-8-13)14(15)9-11-19(2,16)17/h5-8H,3-4,9-11H2,1-2H3. The van der Waals surface area contributed by atoms with Gasteiger partial charge in [0.2, 0.25) is 0 Å². The van der Waals surface area contributed by atoms with Gasteiger partial charge in [0.1, 0.15) is 15.6 Å². The van der Waals surface area contributed by atoms with Crippen LogP contribution in [0.1, 0.15) is 36.5 Å². The summed E-state index contributed by atoms with van der Waals surface area (Å²) >= 11 is 0. The molecule has 0 atom stereocenters. The number of ether oxygens (including phenoxy) is 1. The van der Waals surface area contributed by atoms with E-state index in [9.17, 15) is 13.2 Å². The van der Waals surface area contributed by atoms with Gasteiger partial charge in [0.25, 0.3) is 0 Å². The Labute approximate surface area is 114 Å². The summed E-state index contributed by atoms with van der Waals surface area (Å²) in [5, 5.41) is 0. The van der Waals surface area contributed by atoms with E-state index in [0.29, 0.717) is 12.2 Å². The van der Waals surface area contributed by atoms with Crippen molar-refractivity contribution in [1.29, 1.82) is 0 Å². The highest BCUT2D eigenvalue weighted by Gasteiger charge is 2.10. The Kier molecular flexibility index (Phi) is 6.02. The molecule has 0 bridgehead atoms. The van der Waals surface area contributed by atoms with E-state index >= 15 is 0 Å². The normalized spacial score (nSPS) is 11.3. The number of ketones is 1. The summed E-state index contributed by atoms with van der Waals surface area (Å²) in [6, 6.07) is 6.82. The average Bonchev–Trinajstić information content (AvgIpc) is 2.36. The van der Waals surface area contributed by atoms with Gasteiger partial charge in [-0.05, 0) is 30.7 Å². The summed E-state index contributed by atoms with van der Waals surface area (Å²) in [5.41, 5.74) is 0.520. The van der Waals surface area contributed by atoms with Crippen LogP contribution in [0, 0.1) is 0 Å². The van der Waals surface area contributed by atoms with Crippen molar-refractivity contribution in [2.45, 2.75) is 26.2 Å². The molecule has 5 heteroatoms. The first-order valence-electron chi connectivity index (χ1n) is 6.36. The van der Waals surface area contributed by atoms with Gasteiger partial charge in [-0.1, -0.05) is 13.3 Å². The number of carbonyl (C=O) groups excluding carboxylic acids is 1. The van der Waals surface area contributed by atoms with Crippen molar-refractivity contribution in [1.82, 2.24) is 0 Å². The second-order valence-corrected chi connectivity index (χ2v) is 6.79. The van der Waals surface area contributed by atoms with Gasteiger partial charge in [0.15, 0.2) is 5.78 Å². The highest BCUT2D eigenvalue weighted by Crippen LogP contribution is 2.14. The first-order valence-corrected chi connectivity index (χ1v) is 8.42. The highest BCUT2D eigenvalue weighted by molar-refractivity contribution is 7.90. The zero-order chi connectivity index (χ0) is 14.3. The molecule has 1 aromatic rings. The van der Waals surface area contributed by atoms with Crippen molar-refractivity contribution >= 4 is 15.6 Å². The van der Waals surface area contributed by atoms with Crippen LogP contribution in [0.25, 0.3) is 0 Å². The van der Waals surface area contributed by atoms with Crippen LogP contribution in [0.4, 0.5) is 0 Å². The number of benzene rings is 1. The van der Waals surface area contributed by atoms with Gasteiger partial charge in [-0.2, -0.15) is 0 Å². The number of rotatable bonds is 8. The maximum atomic E-state index is 11.8. The average molecular weight is 284 g/mol. The summed E-state index contributed by atoms with van der Waals surface area (Å²) in [5.74, 6) is 0.458. The van der Waals surface area contributed by atoms with E-state index in [1.54, 1.807) is 24.3 Å². The van der Waals surface area contributed by atoms with E-state index in [-0.39, 0.29) is 18.0 Å². The quantitative estimate of drug-likeness (QED) is 0.543. The minimum atomic E-state index is -3.10. The summed E-state index contributed by atoms with van der Waals surface area (Å²) in [6.07, 6.45) is 3.22. The maximum absolute atomic E-state index is 11.8. The summed E-state index contributed by atoms with van der Waals surface area (Å²) in [7, 11) is -3.10. The molecule has 19 heavy (non-hydrogen) atoms. The molecule has 0 N–H and O–H groups in total. The molecule has 0 aliphatic carbocycles. The number of Topliss-reactive ketones (excluding diaryl/α,β-unsaturated/α-hetero) is 1. The SMILES string of the molecule is CCCCOc1ccc(C(=O)CCS(C)(=O)=O)cc1. The molecule has 4 nitrogen and oxygen atoms in total. The van der Waals surface area contributed by atoms with Crippen LogP contribution in [0.5, 0.6) is 5.75 Å². The molecule has 0 aliphatic rings. The van der Waals surface area contributed by atoms with Crippen molar-refractivity contribution in [2.24, 2.45) is 0 Å². The first-order chi connectivity index (χ1) is 8.92. The molecule has 0 fully saturated rings. The fourth-order valence-corrected chi connectivity index (χ4v) is 2.05. The van der Waals surface area contributed by atoms with Crippen LogP contribution >= 0.6 is 0 Å². The lowest BCUT2D eigenvalue weighted by Crippen LogP contribution is -2.09. The third-order valence-corrected chi connectivity index (χ3v) is 3.59. The molecular formula is C14H20O4S. The van der Waals surface area contributed by atoms with Gasteiger partial charge in [-0.3, -0.25) is 4.79 Å². The maximum Gasteiger partial charge on any atom is 0.163 e. The van der Waals surface area contributed by atoms with Gasteiger partial charge in [-0.25, -0.2) is 8.42 Å². The Balaban J connectivity index is 2.53. The Morgan fingerprint density at radius 3 is 2.37 bits per heavy atom. The fourth-order valence-electron chi connectivity index (χ4n) is 1.49. The molecule has 0 aromatic heterocycles. The van der Waals surface area contributed by atoms with Crippen LogP contribution in [0.15, 0.2) is 24.3 Å². The molecule has 1 rings (SSSR count). The summed E-state index contributed by atoms with van der Waals surface area (Å²) < 4.78 is 27.5. The topological polar surface area (TPSA) is 60.4 Å². The first kappa shape index (κ1) is 15.7. The van der Waals surface area contributed by atoms with Crippen molar-refractivity contribution in [3.05, 3.63) is 29.8 Å². The Hall–Kier alpha value is -1.36. The molecule has 0 amide bonds. The molecule has 0 saturated carbocycles. The summed E-state index contributed by atoms with van der Waals surface area (Å²) in [6.45, 7) is 2.75. The van der Waals surface area contributed by atoms with Crippen LogP contribution in [0.3, 0.4) is 0 Å². The number of sulfone groups is 1. The van der Waals surface area contributed by atoms with Crippen molar-refractivity contribution in [3.8, 4) is 5.75 Å². The number of hydrogen-bond donors (Lipinski definition) is 0. The predicted molar refractivity (Wildman–Crippen MR) is 75.5 cm³/mol. The van der Waals surface area contributed by atoms with Crippen LogP contribution in [-0.2, 0) is 9.84 Å². The largest absolute Gasteiger partial charge is 0.494 e. The van der Waals surface area contributed by atoms with Crippen LogP contribution in [-0.4, -0.2) is 32.8 Å². The lowest BCUT2D eigenvalue weighted by atomic mass is 10.1. The minimum absolute atomic E-state index is 0.0227. The minimum Gasteiger partial charge on any atom is -0.494 e. The van der Waals surface area contributed by atoms with E-state index in [1.165, 1.54) is 0 Å². The smallest absolute Gasteiger partial charge is 0.163 e. The monoisotopic (exact) mass is 284 g/mol. The van der Waals surface area contributed by atoms with Crippen LogP contribution < -0.4 is 4.74 Å². The lowest BCUT2D eigenvalue weighted by molar-refractivity contribution is 0.0989. The van der Waals surface area contributed by atoms with Gasteiger partial charge >= 0.3 is 0 Å². The lowest BCUT2D eigenvalue weighted by Gasteiger charge is -2.06. The zero-order valence-electron chi connectivity index (χ0n) is 11.4. The van der Waals surface area contributed by atoms with Crippen molar-refractivity contribution in [2.75, 3.05) is 18.6 Å². The molecule has 0 aliphatic heterocycles. The number of hydrogen-bond acceptors (Lipinski definition) is 4. The Morgan fingerprint density at radius 1 is 1.21 bits per heavy atom. The van der Waals surface area contributed by atoms with E-state index in [0.717, 1.165) is 24.8 Å². The molecule has 0 heterocycles. The Bertz CT molecular complexity index is 503. The third kappa shape index (κ3) is 6.38. The van der Waals surface area contributed by atoms with Crippen molar-refractivity contribution in [3.63, 3.8) is 0 Å². The van der Waals surface area contributed by atoms with Gasteiger partial charge in [0.05, 0.1) is 12.4 Å². The molecular weight excluding hydrogens is 264 g/mol. The van der Waals surface area contributed by atoms with Gasteiger partial charge < -0.3 is 4.74 Å². The zero-order valence-corrected chi connectivity index (χ0v) is 12.2. The second kappa shape index (κ2) is 7.28. The fraction of sp³-hybridized carbons (Fsp3) is 0.500. The van der Waals surface area contributed by atoms with E-state index in [2.05, 4.69) is 6.92 Å². The Morgan fingerprint density at radius 2 is 1.84 bits per heavy atom. The predicted octanol–water partition coefficient (Wildman–Crippen LogP) is 2.48. The van der Waals surface area contributed by atoms with Crippen molar-refractivity contribution < 1.29 is 17.9 Å². The van der Waals surface area contributed by atoms with Gasteiger partial charge in [-0.15, -0.1) is 0 Å². The molecule has 106 valence electrons. The van der Waals surface area contributed by atoms with E-state index in [1.807, 2.05) is 0 Å². The number of unbranched alkanes of at least 4 members (excludes halogenated alkanes) is 1. The molecule has 0 saturated heterocycles. The van der Waals surface area contributed by atoms with Gasteiger partial charge in [0, 0.05) is 18.2 Å². The second-order valence-electron chi connectivity index (χ2n) is 4.53. The summed E-state index contributed by atoms with van der Waals surface area (Å²) in [4.78, 5) is 11.8. The van der Waals surface area contributed by atoms with Crippen LogP contribution in [0.2, 0.25) is 0 Å². The molecule has 0 spiro atoms. The van der Waals surface area contributed by atoms with E-state index < -0.39 is 9.84 Å². The molecule has 0 unspecified atom stereocenters. The third-order valence-electron chi connectivity index (χ3n) is 2.64. The van der Waals surface area contributed by atoms with E-state index in [4.69, 9.17) is 4.74 Å². The molecule has 0 radical (unpaired) electrons.